The monoisotopic (exact) mass is 451 g/mol. The maximum absolute atomic E-state index is 12.5. The van der Waals surface area contributed by atoms with Crippen LogP contribution in [0.3, 0.4) is 0 Å². The summed E-state index contributed by atoms with van der Waals surface area (Å²) in [6.45, 7) is 2.71. The Morgan fingerprint density at radius 2 is 1.94 bits per heavy atom. The quantitative estimate of drug-likeness (QED) is 0.659. The first kappa shape index (κ1) is 23.6. The van der Waals surface area contributed by atoms with Crippen molar-refractivity contribution in [2.24, 2.45) is 5.92 Å². The Hall–Kier alpha value is -3.04. The fraction of sp³-hybridized carbons (Fsp3) is 0.500. The molecule has 0 atom stereocenters. The van der Waals surface area contributed by atoms with Gasteiger partial charge in [0.2, 0.25) is 5.95 Å². The molecule has 0 radical (unpaired) electrons. The molecule has 2 N–H and O–H groups in total. The van der Waals surface area contributed by atoms with Crippen LogP contribution in [0.25, 0.3) is 0 Å². The number of carbonyl (C=O) groups excluding carboxylic acids is 1. The van der Waals surface area contributed by atoms with E-state index in [4.69, 9.17) is 0 Å². The van der Waals surface area contributed by atoms with Gasteiger partial charge in [-0.3, -0.25) is 4.79 Å². The molecule has 1 fully saturated rings. The second kappa shape index (κ2) is 10.1. The van der Waals surface area contributed by atoms with Gasteiger partial charge >= 0.3 is 6.36 Å². The summed E-state index contributed by atoms with van der Waals surface area (Å²) in [5, 5.41) is 6.22. The molecule has 10 heteroatoms. The van der Waals surface area contributed by atoms with E-state index >= 15 is 0 Å². The third kappa shape index (κ3) is 6.73. The molecule has 1 heterocycles. The summed E-state index contributed by atoms with van der Waals surface area (Å²) in [5.41, 5.74) is 1.15. The summed E-state index contributed by atoms with van der Waals surface area (Å²) in [5.74, 6) is 1.09. The van der Waals surface area contributed by atoms with E-state index in [1.54, 1.807) is 6.20 Å². The standard InChI is InChI=1S/C22H28F3N5O2/c1-14-12-26-21(29-19(14)30(2)3)27-13-15-7-9-17(10-8-15)28-20(31)16-5-4-6-18(11-16)32-22(23,24)25/h4-6,11-12,15,17H,7-10,13H2,1-3H3,(H,28,31)(H,26,27,29)/t15-,17+. The number of aromatic nitrogens is 2. The average molecular weight is 451 g/mol. The van der Waals surface area contributed by atoms with E-state index in [-0.39, 0.29) is 11.6 Å². The molecule has 2 aromatic rings. The summed E-state index contributed by atoms with van der Waals surface area (Å²) in [6, 6.07) is 5.09. The van der Waals surface area contributed by atoms with Gasteiger partial charge in [0, 0.05) is 44.0 Å². The fourth-order valence-electron chi connectivity index (χ4n) is 3.82. The van der Waals surface area contributed by atoms with Crippen molar-refractivity contribution in [1.29, 1.82) is 0 Å². The van der Waals surface area contributed by atoms with E-state index < -0.39 is 18.0 Å². The van der Waals surface area contributed by atoms with E-state index in [0.717, 1.165) is 49.7 Å². The van der Waals surface area contributed by atoms with Crippen LogP contribution in [0.1, 0.15) is 41.6 Å². The lowest BCUT2D eigenvalue weighted by molar-refractivity contribution is -0.274. The lowest BCUT2D eigenvalue weighted by atomic mass is 9.86. The van der Waals surface area contributed by atoms with Crippen LogP contribution >= 0.6 is 0 Å². The molecule has 0 bridgehead atoms. The zero-order valence-electron chi connectivity index (χ0n) is 18.4. The third-order valence-electron chi connectivity index (χ3n) is 5.43. The number of halogens is 3. The number of carbonyl (C=O) groups is 1. The highest BCUT2D eigenvalue weighted by molar-refractivity contribution is 5.94. The lowest BCUT2D eigenvalue weighted by Crippen LogP contribution is -2.38. The summed E-state index contributed by atoms with van der Waals surface area (Å²) in [4.78, 5) is 23.3. The Bertz CT molecular complexity index is 928. The topological polar surface area (TPSA) is 79.4 Å². The van der Waals surface area contributed by atoms with Gasteiger partial charge in [0.25, 0.3) is 5.91 Å². The molecule has 0 saturated heterocycles. The van der Waals surface area contributed by atoms with E-state index in [2.05, 4.69) is 25.3 Å². The van der Waals surface area contributed by atoms with Gasteiger partial charge in [0.1, 0.15) is 11.6 Å². The number of amides is 1. The van der Waals surface area contributed by atoms with Crippen molar-refractivity contribution in [3.8, 4) is 5.75 Å². The van der Waals surface area contributed by atoms with Crippen molar-refractivity contribution in [2.45, 2.75) is 45.0 Å². The number of benzene rings is 1. The van der Waals surface area contributed by atoms with Crippen LogP contribution in [-0.2, 0) is 0 Å². The van der Waals surface area contributed by atoms with Crippen LogP contribution in [0.15, 0.2) is 30.5 Å². The zero-order valence-corrected chi connectivity index (χ0v) is 18.4. The Morgan fingerprint density at radius 1 is 1.22 bits per heavy atom. The first-order valence-electron chi connectivity index (χ1n) is 10.5. The first-order chi connectivity index (χ1) is 15.1. The number of hydrogen-bond acceptors (Lipinski definition) is 6. The van der Waals surface area contributed by atoms with Gasteiger partial charge in [-0.1, -0.05) is 6.07 Å². The minimum Gasteiger partial charge on any atom is -0.406 e. The number of ether oxygens (including phenoxy) is 1. The number of rotatable bonds is 7. The molecule has 1 aromatic heterocycles. The molecule has 32 heavy (non-hydrogen) atoms. The normalized spacial score (nSPS) is 18.7. The molecular formula is C22H28F3N5O2. The van der Waals surface area contributed by atoms with E-state index in [0.29, 0.717) is 11.9 Å². The van der Waals surface area contributed by atoms with Crippen LogP contribution in [0.2, 0.25) is 0 Å². The second-order valence-electron chi connectivity index (χ2n) is 8.24. The summed E-state index contributed by atoms with van der Waals surface area (Å²) >= 11 is 0. The number of nitrogens with zero attached hydrogens (tertiary/aromatic N) is 3. The highest BCUT2D eigenvalue weighted by Crippen LogP contribution is 2.26. The second-order valence-corrected chi connectivity index (χ2v) is 8.24. The molecule has 1 aromatic carbocycles. The van der Waals surface area contributed by atoms with E-state index in [9.17, 15) is 18.0 Å². The summed E-state index contributed by atoms with van der Waals surface area (Å²) in [7, 11) is 3.88. The highest BCUT2D eigenvalue weighted by atomic mass is 19.4. The smallest absolute Gasteiger partial charge is 0.406 e. The number of hydrogen-bond donors (Lipinski definition) is 2. The Balaban J connectivity index is 1.46. The minimum atomic E-state index is -4.79. The van der Waals surface area contributed by atoms with Crippen molar-refractivity contribution < 1.29 is 22.7 Å². The molecule has 0 spiro atoms. The minimum absolute atomic E-state index is 0.0121. The van der Waals surface area contributed by atoms with Crippen molar-refractivity contribution >= 4 is 17.7 Å². The van der Waals surface area contributed by atoms with Gasteiger partial charge in [-0.05, 0) is 56.7 Å². The third-order valence-corrected chi connectivity index (χ3v) is 5.43. The van der Waals surface area contributed by atoms with Gasteiger partial charge in [-0.15, -0.1) is 13.2 Å². The van der Waals surface area contributed by atoms with Crippen molar-refractivity contribution in [3.05, 3.63) is 41.6 Å². The first-order valence-corrected chi connectivity index (χ1v) is 10.5. The highest BCUT2D eigenvalue weighted by Gasteiger charge is 2.31. The van der Waals surface area contributed by atoms with Crippen LogP contribution in [0.4, 0.5) is 24.9 Å². The largest absolute Gasteiger partial charge is 0.573 e. The van der Waals surface area contributed by atoms with Crippen LogP contribution < -0.4 is 20.3 Å². The summed E-state index contributed by atoms with van der Waals surface area (Å²) in [6.07, 6.45) is 0.442. The number of anilines is 2. The lowest BCUT2D eigenvalue weighted by Gasteiger charge is -2.29. The maximum atomic E-state index is 12.5. The number of aryl methyl sites for hydroxylation is 1. The van der Waals surface area contributed by atoms with Crippen molar-refractivity contribution in [1.82, 2.24) is 15.3 Å². The van der Waals surface area contributed by atoms with Crippen LogP contribution in [0, 0.1) is 12.8 Å². The molecule has 0 aliphatic heterocycles. The Kier molecular flexibility index (Phi) is 7.42. The van der Waals surface area contributed by atoms with Crippen LogP contribution in [-0.4, -0.2) is 48.9 Å². The molecule has 1 aliphatic carbocycles. The van der Waals surface area contributed by atoms with Gasteiger partial charge in [0.15, 0.2) is 0 Å². The van der Waals surface area contributed by atoms with Crippen LogP contribution in [0.5, 0.6) is 5.75 Å². The molecule has 7 nitrogen and oxygen atoms in total. The predicted molar refractivity (Wildman–Crippen MR) is 116 cm³/mol. The average Bonchev–Trinajstić information content (AvgIpc) is 2.73. The number of nitrogens with one attached hydrogen (secondary N) is 2. The van der Waals surface area contributed by atoms with E-state index in [1.807, 2.05) is 25.9 Å². The number of alkyl halides is 3. The molecule has 1 aliphatic rings. The van der Waals surface area contributed by atoms with E-state index in [1.165, 1.54) is 18.2 Å². The van der Waals surface area contributed by atoms with Crippen molar-refractivity contribution in [2.75, 3.05) is 30.9 Å². The Morgan fingerprint density at radius 3 is 2.59 bits per heavy atom. The molecule has 1 amide bonds. The molecule has 1 saturated carbocycles. The molecule has 174 valence electrons. The SMILES string of the molecule is Cc1cnc(NC[C@H]2CC[C@@H](NC(=O)c3cccc(OC(F)(F)F)c3)CC2)nc1N(C)C. The van der Waals surface area contributed by atoms with Gasteiger partial charge < -0.3 is 20.3 Å². The summed E-state index contributed by atoms with van der Waals surface area (Å²) < 4.78 is 41.1. The Labute approximate surface area is 185 Å². The molecule has 3 rings (SSSR count). The maximum Gasteiger partial charge on any atom is 0.573 e. The fourth-order valence-corrected chi connectivity index (χ4v) is 3.82. The zero-order chi connectivity index (χ0) is 23.3. The predicted octanol–water partition coefficient (Wildman–Crippen LogP) is 4.15. The van der Waals surface area contributed by atoms with Gasteiger partial charge in [-0.2, -0.15) is 4.98 Å². The van der Waals surface area contributed by atoms with Crippen molar-refractivity contribution in [3.63, 3.8) is 0 Å². The molecule has 0 unspecified atom stereocenters. The molecular weight excluding hydrogens is 423 g/mol. The van der Waals surface area contributed by atoms with Gasteiger partial charge in [0.05, 0.1) is 0 Å². The van der Waals surface area contributed by atoms with Gasteiger partial charge in [-0.25, -0.2) is 4.98 Å².